The van der Waals surface area contributed by atoms with Crippen molar-refractivity contribution < 1.29 is 1.37 Å². The third-order valence-electron chi connectivity index (χ3n) is 2.21. The Morgan fingerprint density at radius 2 is 1.56 bits per heavy atom. The zero-order chi connectivity index (χ0) is 12.1. The molecule has 0 aliphatic rings. The smallest absolute Gasteiger partial charge is 0.106 e. The normalized spacial score (nSPS) is 12.6. The summed E-state index contributed by atoms with van der Waals surface area (Å²) in [5, 5.41) is 3.01. The Hall–Kier alpha value is -1.67. The highest BCUT2D eigenvalue weighted by atomic mass is 32.1. The summed E-state index contributed by atoms with van der Waals surface area (Å²) in [6.07, 6.45) is 0. The molecule has 0 heterocycles. The van der Waals surface area contributed by atoms with E-state index in [1.54, 1.807) is 0 Å². The van der Waals surface area contributed by atoms with Crippen LogP contribution >= 0.6 is 12.2 Å². The van der Waals surface area contributed by atoms with Crippen molar-refractivity contribution in [1.82, 2.24) is 5.32 Å². The van der Waals surface area contributed by atoms with Gasteiger partial charge in [0.1, 0.15) is 4.99 Å². The minimum absolute atomic E-state index is 0.524. The first-order valence-electron chi connectivity index (χ1n) is 5.68. The maximum Gasteiger partial charge on any atom is 0.106 e. The third kappa shape index (κ3) is 2.91. The number of hydrogen-bond donors (Lipinski definition) is 1. The first kappa shape index (κ1) is 9.55. The molecule has 0 saturated carbocycles. The van der Waals surface area contributed by atoms with Gasteiger partial charge in [0.15, 0.2) is 0 Å². The molecule has 2 aromatic carbocycles. The lowest BCUT2D eigenvalue weighted by atomic mass is 10.2. The largest absolute Gasteiger partial charge is 0.372 e. The zero-order valence-corrected chi connectivity index (χ0v) is 9.58. The number of benzene rings is 2. The Morgan fingerprint density at radius 1 is 1.00 bits per heavy atom. The van der Waals surface area contributed by atoms with Crippen LogP contribution in [0.1, 0.15) is 12.5 Å². The molecular weight excluding hydrogens is 214 g/mol. The highest BCUT2D eigenvalue weighted by Gasteiger charge is 1.98. The van der Waals surface area contributed by atoms with Crippen molar-refractivity contribution in [1.29, 1.82) is 0 Å². The van der Waals surface area contributed by atoms with Crippen LogP contribution in [0.2, 0.25) is 0 Å². The number of hydrogen-bond acceptors (Lipinski definition) is 1. The highest BCUT2D eigenvalue weighted by Crippen LogP contribution is 2.02. The predicted octanol–water partition coefficient (Wildman–Crippen LogP) is 3.15. The van der Waals surface area contributed by atoms with E-state index in [1.165, 1.54) is 0 Å². The van der Waals surface area contributed by atoms with Crippen molar-refractivity contribution in [3.63, 3.8) is 0 Å². The average Bonchev–Trinajstić information content (AvgIpc) is 2.40. The van der Waals surface area contributed by atoms with Gasteiger partial charge in [0, 0.05) is 12.1 Å². The molecule has 0 aliphatic heterocycles. The Balaban J connectivity index is 2.05. The first-order chi connectivity index (χ1) is 8.27. The van der Waals surface area contributed by atoms with Gasteiger partial charge in [0.2, 0.25) is 0 Å². The van der Waals surface area contributed by atoms with Crippen LogP contribution in [0.15, 0.2) is 60.7 Å². The van der Waals surface area contributed by atoms with Gasteiger partial charge in [-0.2, -0.15) is 0 Å². The van der Waals surface area contributed by atoms with Crippen LogP contribution < -0.4 is 5.32 Å². The van der Waals surface area contributed by atoms with Gasteiger partial charge in [-0.1, -0.05) is 72.9 Å². The molecule has 0 aromatic heterocycles. The molecule has 80 valence electrons. The maximum atomic E-state index is 7.99. The van der Waals surface area contributed by atoms with Crippen molar-refractivity contribution in [2.24, 2.45) is 0 Å². The second-order valence-electron chi connectivity index (χ2n) is 3.39. The summed E-state index contributed by atoms with van der Waals surface area (Å²) >= 11 is 5.27. The van der Waals surface area contributed by atoms with Crippen molar-refractivity contribution in [3.05, 3.63) is 71.8 Å². The molecule has 0 amide bonds. The Morgan fingerprint density at radius 3 is 2.19 bits per heavy atom. The molecule has 0 bridgehead atoms. The minimum atomic E-state index is -0.524. The molecule has 0 saturated heterocycles. The molecule has 1 atom stereocenters. The number of thiocarbonyl (C=S) groups is 1. The quantitative estimate of drug-likeness (QED) is 0.810. The molecule has 1 nitrogen and oxygen atoms in total. The third-order valence-corrected chi connectivity index (χ3v) is 2.56. The second-order valence-corrected chi connectivity index (χ2v) is 3.80. The van der Waals surface area contributed by atoms with E-state index in [4.69, 9.17) is 13.6 Å². The highest BCUT2D eigenvalue weighted by molar-refractivity contribution is 7.80. The van der Waals surface area contributed by atoms with Gasteiger partial charge in [-0.3, -0.25) is 0 Å². The molecule has 0 unspecified atom stereocenters. The minimum Gasteiger partial charge on any atom is -0.372 e. The summed E-state index contributed by atoms with van der Waals surface area (Å²) in [5.74, 6) is 0. The van der Waals surface area contributed by atoms with Gasteiger partial charge < -0.3 is 5.32 Å². The van der Waals surface area contributed by atoms with E-state index < -0.39 is 6.52 Å². The molecule has 16 heavy (non-hydrogen) atoms. The van der Waals surface area contributed by atoms with Crippen LogP contribution in [-0.2, 0) is 6.52 Å². The van der Waals surface area contributed by atoms with Crippen LogP contribution in [0, 0.1) is 0 Å². The average molecular weight is 228 g/mol. The van der Waals surface area contributed by atoms with E-state index in [1.807, 2.05) is 60.7 Å². The van der Waals surface area contributed by atoms with Crippen LogP contribution in [0.4, 0.5) is 0 Å². The van der Waals surface area contributed by atoms with Crippen molar-refractivity contribution in [2.75, 3.05) is 0 Å². The Labute approximate surface area is 103 Å². The lowest BCUT2D eigenvalue weighted by Crippen LogP contribution is -2.21. The topological polar surface area (TPSA) is 12.0 Å². The van der Waals surface area contributed by atoms with E-state index in [2.05, 4.69) is 5.32 Å². The van der Waals surface area contributed by atoms with Gasteiger partial charge in [-0.05, 0) is 5.56 Å². The second kappa shape index (κ2) is 5.42. The van der Waals surface area contributed by atoms with E-state index in [0.29, 0.717) is 4.99 Å². The van der Waals surface area contributed by atoms with E-state index >= 15 is 0 Å². The monoisotopic (exact) mass is 228 g/mol. The maximum absolute atomic E-state index is 7.99. The van der Waals surface area contributed by atoms with Crippen LogP contribution in [-0.4, -0.2) is 4.99 Å². The lowest BCUT2D eigenvalue weighted by Gasteiger charge is -2.07. The van der Waals surface area contributed by atoms with Gasteiger partial charge in [-0.25, -0.2) is 0 Å². The summed E-state index contributed by atoms with van der Waals surface area (Å²) in [4.78, 5) is 0.606. The summed E-state index contributed by atoms with van der Waals surface area (Å²) in [6, 6.07) is 19.3. The fourth-order valence-corrected chi connectivity index (χ4v) is 1.57. The molecule has 0 fully saturated rings. The molecule has 0 radical (unpaired) electrons. The predicted molar refractivity (Wildman–Crippen MR) is 71.4 cm³/mol. The van der Waals surface area contributed by atoms with Gasteiger partial charge in [0.25, 0.3) is 0 Å². The summed E-state index contributed by atoms with van der Waals surface area (Å²) < 4.78 is 7.99. The molecule has 2 aromatic rings. The van der Waals surface area contributed by atoms with E-state index in [-0.39, 0.29) is 0 Å². The molecule has 0 spiro atoms. The molecule has 2 heteroatoms. The van der Waals surface area contributed by atoms with Crippen LogP contribution in [0.5, 0.6) is 0 Å². The van der Waals surface area contributed by atoms with Gasteiger partial charge in [-0.15, -0.1) is 0 Å². The fourth-order valence-electron chi connectivity index (χ4n) is 1.37. The molecule has 0 aliphatic carbocycles. The summed E-state index contributed by atoms with van der Waals surface area (Å²) in [7, 11) is 0. The molecule has 1 N–H and O–H groups in total. The fraction of sp³-hybridized carbons (Fsp3) is 0.0714. The first-order valence-corrected chi connectivity index (χ1v) is 5.51. The number of rotatable bonds is 3. The van der Waals surface area contributed by atoms with E-state index in [0.717, 1.165) is 11.1 Å². The Bertz CT molecular complexity index is 484. The van der Waals surface area contributed by atoms with Gasteiger partial charge in [0.05, 0.1) is 1.37 Å². The summed E-state index contributed by atoms with van der Waals surface area (Å²) in [5.41, 5.74) is 1.85. The van der Waals surface area contributed by atoms with Crippen molar-refractivity contribution in [3.8, 4) is 0 Å². The lowest BCUT2D eigenvalue weighted by molar-refractivity contribution is 0.929. The van der Waals surface area contributed by atoms with E-state index in [9.17, 15) is 0 Å². The standard InChI is InChI=1S/C14H13NS/c16-14(13-9-5-2-6-10-13)15-11-12-7-3-1-4-8-12/h1-10H,11H2,(H,15,16)/i11D/t11-/m1/s1. The SMILES string of the molecule is [2H][C@@H](NC(=S)c1ccccc1)c1ccccc1. The van der Waals surface area contributed by atoms with Crippen LogP contribution in [0.25, 0.3) is 0 Å². The van der Waals surface area contributed by atoms with Crippen molar-refractivity contribution in [2.45, 2.75) is 6.52 Å². The van der Waals surface area contributed by atoms with Crippen LogP contribution in [0.3, 0.4) is 0 Å². The molecule has 2 rings (SSSR count). The summed E-state index contributed by atoms with van der Waals surface area (Å²) in [6.45, 7) is -0.524. The Kier molecular flexibility index (Phi) is 3.24. The molecular formula is C14H13NS. The van der Waals surface area contributed by atoms with Gasteiger partial charge >= 0.3 is 0 Å². The van der Waals surface area contributed by atoms with Crippen molar-refractivity contribution >= 4 is 17.2 Å². The zero-order valence-electron chi connectivity index (χ0n) is 9.76. The number of nitrogens with one attached hydrogen (secondary N) is 1.